The number of anilines is 1. The first-order chi connectivity index (χ1) is 10.1. The van der Waals surface area contributed by atoms with Crippen molar-refractivity contribution < 1.29 is 13.3 Å². The molecule has 1 aliphatic heterocycles. The van der Waals surface area contributed by atoms with Crippen molar-refractivity contribution >= 4 is 16.5 Å². The van der Waals surface area contributed by atoms with Crippen molar-refractivity contribution in [3.8, 4) is 0 Å². The van der Waals surface area contributed by atoms with Gasteiger partial charge >= 0.3 is 0 Å². The molecular weight excluding hydrogens is 289 g/mol. The van der Waals surface area contributed by atoms with Crippen LogP contribution in [0.4, 0.5) is 10.1 Å². The number of ether oxygens (including phenoxy) is 1. The molecule has 2 aliphatic rings. The second-order valence-electron chi connectivity index (χ2n) is 6.19. The maximum Gasteiger partial charge on any atom is 0.147 e. The highest BCUT2D eigenvalue weighted by Gasteiger charge is 2.40. The number of halogens is 1. The van der Waals surface area contributed by atoms with E-state index in [1.807, 2.05) is 0 Å². The fraction of sp³-hybridized carbons (Fsp3) is 0.625. The molecule has 0 radical (unpaired) electrons. The quantitative estimate of drug-likeness (QED) is 0.852. The predicted molar refractivity (Wildman–Crippen MR) is 82.0 cm³/mol. The minimum Gasteiger partial charge on any atom is -0.396 e. The molecule has 1 aromatic carbocycles. The van der Waals surface area contributed by atoms with E-state index in [1.165, 1.54) is 31.4 Å². The molecule has 1 aliphatic carbocycles. The van der Waals surface area contributed by atoms with Gasteiger partial charge in [0.15, 0.2) is 0 Å². The second kappa shape index (κ2) is 6.05. The highest BCUT2D eigenvalue weighted by Crippen LogP contribution is 2.40. The van der Waals surface area contributed by atoms with Gasteiger partial charge in [0.2, 0.25) is 0 Å². The Bertz CT molecular complexity index is 538. The van der Waals surface area contributed by atoms with Gasteiger partial charge in [0.05, 0.1) is 22.1 Å². The van der Waals surface area contributed by atoms with Crippen LogP contribution in [0.25, 0.3) is 0 Å². The van der Waals surface area contributed by atoms with Crippen LogP contribution in [0.1, 0.15) is 44.9 Å². The molecule has 5 heteroatoms. The third kappa shape index (κ3) is 3.14. The number of hydrogen-bond acceptors (Lipinski definition) is 3. The van der Waals surface area contributed by atoms with Gasteiger partial charge in [-0.15, -0.1) is 0 Å². The van der Waals surface area contributed by atoms with E-state index in [0.717, 1.165) is 25.7 Å². The first kappa shape index (κ1) is 15.0. The third-order valence-corrected chi connectivity index (χ3v) is 6.45. The molecule has 3 nitrogen and oxygen atoms in total. The van der Waals surface area contributed by atoms with Gasteiger partial charge in [-0.2, -0.15) is 0 Å². The molecule has 1 saturated carbocycles. The molecule has 1 aromatic rings. The highest BCUT2D eigenvalue weighted by molar-refractivity contribution is 7.85. The molecule has 0 aromatic heterocycles. The van der Waals surface area contributed by atoms with Crippen molar-refractivity contribution in [1.82, 2.24) is 0 Å². The number of nitrogen functional groups attached to an aromatic ring is 1. The van der Waals surface area contributed by atoms with Crippen LogP contribution in [0.15, 0.2) is 23.1 Å². The van der Waals surface area contributed by atoms with Gasteiger partial charge in [-0.25, -0.2) is 4.39 Å². The van der Waals surface area contributed by atoms with E-state index in [4.69, 9.17) is 10.5 Å². The zero-order valence-corrected chi connectivity index (χ0v) is 13.0. The van der Waals surface area contributed by atoms with E-state index in [1.54, 1.807) is 6.07 Å². The summed E-state index contributed by atoms with van der Waals surface area (Å²) in [7, 11) is -1.19. The summed E-state index contributed by atoms with van der Waals surface area (Å²) < 4.78 is 32.3. The normalized spacial score (nSPS) is 26.6. The first-order valence-corrected chi connectivity index (χ1v) is 8.91. The zero-order chi connectivity index (χ0) is 14.9. The summed E-state index contributed by atoms with van der Waals surface area (Å²) in [5.74, 6) is -0.486. The Balaban J connectivity index is 1.76. The summed E-state index contributed by atoms with van der Waals surface area (Å²) in [4.78, 5) is 0.541. The summed E-state index contributed by atoms with van der Waals surface area (Å²) in [5, 5.41) is 0.0554. The van der Waals surface area contributed by atoms with Crippen LogP contribution >= 0.6 is 0 Å². The third-order valence-electron chi connectivity index (χ3n) is 4.72. The monoisotopic (exact) mass is 311 g/mol. The van der Waals surface area contributed by atoms with Crippen LogP contribution in [-0.4, -0.2) is 21.7 Å². The fourth-order valence-electron chi connectivity index (χ4n) is 3.54. The Morgan fingerprint density at radius 1 is 1.29 bits per heavy atom. The Labute approximate surface area is 127 Å². The van der Waals surface area contributed by atoms with E-state index >= 15 is 0 Å². The minimum absolute atomic E-state index is 0.0554. The predicted octanol–water partition coefficient (Wildman–Crippen LogP) is 3.40. The number of hydrogen-bond donors (Lipinski definition) is 1. The Hall–Kier alpha value is -0.940. The van der Waals surface area contributed by atoms with Crippen molar-refractivity contribution in [2.45, 2.75) is 60.7 Å². The lowest BCUT2D eigenvalue weighted by Gasteiger charge is -2.43. The molecule has 116 valence electrons. The highest BCUT2D eigenvalue weighted by atomic mass is 32.2. The molecule has 0 amide bonds. The molecular formula is C16H22FNO2S. The van der Waals surface area contributed by atoms with Gasteiger partial charge in [-0.3, -0.25) is 4.21 Å². The topological polar surface area (TPSA) is 52.3 Å². The van der Waals surface area contributed by atoms with Gasteiger partial charge in [0, 0.05) is 16.8 Å². The van der Waals surface area contributed by atoms with Crippen molar-refractivity contribution in [3.63, 3.8) is 0 Å². The van der Waals surface area contributed by atoms with Gasteiger partial charge < -0.3 is 10.5 Å². The van der Waals surface area contributed by atoms with Crippen molar-refractivity contribution in [3.05, 3.63) is 24.0 Å². The van der Waals surface area contributed by atoms with Crippen LogP contribution < -0.4 is 5.73 Å². The van der Waals surface area contributed by atoms with E-state index in [-0.39, 0.29) is 16.5 Å². The van der Waals surface area contributed by atoms with Gasteiger partial charge in [0.1, 0.15) is 5.82 Å². The van der Waals surface area contributed by atoms with Crippen LogP contribution in [0.2, 0.25) is 0 Å². The summed E-state index contributed by atoms with van der Waals surface area (Å²) in [6.45, 7) is 0.661. The maximum absolute atomic E-state index is 13.6. The fourth-order valence-corrected chi connectivity index (χ4v) is 5.11. The minimum atomic E-state index is -1.19. The van der Waals surface area contributed by atoms with Crippen LogP contribution in [0, 0.1) is 5.82 Å². The molecule has 0 bridgehead atoms. The zero-order valence-electron chi connectivity index (χ0n) is 12.1. The molecule has 2 unspecified atom stereocenters. The SMILES string of the molecule is Nc1ccc(S(=O)C2CCOC3(CCCCC3)C2)cc1F. The van der Waals surface area contributed by atoms with E-state index in [2.05, 4.69) is 0 Å². The molecule has 3 rings (SSSR count). The Morgan fingerprint density at radius 3 is 2.76 bits per heavy atom. The number of rotatable bonds is 2. The standard InChI is InChI=1S/C16H22FNO2S/c17-14-10-12(4-5-15(14)18)21(19)13-6-9-20-16(11-13)7-2-1-3-8-16/h4-5,10,13H,1-3,6-9,11,18H2. The lowest BCUT2D eigenvalue weighted by atomic mass is 9.80. The largest absolute Gasteiger partial charge is 0.396 e. The second-order valence-corrected chi connectivity index (χ2v) is 7.92. The Morgan fingerprint density at radius 2 is 2.05 bits per heavy atom. The smallest absolute Gasteiger partial charge is 0.147 e. The first-order valence-electron chi connectivity index (χ1n) is 7.69. The summed E-state index contributed by atoms with van der Waals surface area (Å²) in [6, 6.07) is 4.49. The lowest BCUT2D eigenvalue weighted by molar-refractivity contribution is -0.0975. The molecule has 2 atom stereocenters. The average molecular weight is 311 g/mol. The number of nitrogens with two attached hydrogens (primary N) is 1. The van der Waals surface area contributed by atoms with Crippen LogP contribution in [0.3, 0.4) is 0 Å². The van der Waals surface area contributed by atoms with Crippen LogP contribution in [0.5, 0.6) is 0 Å². The Kier molecular flexibility index (Phi) is 4.31. The molecule has 1 spiro atoms. The van der Waals surface area contributed by atoms with Gasteiger partial charge in [-0.1, -0.05) is 19.3 Å². The van der Waals surface area contributed by atoms with Crippen molar-refractivity contribution in [1.29, 1.82) is 0 Å². The van der Waals surface area contributed by atoms with Crippen molar-refractivity contribution in [2.24, 2.45) is 0 Å². The molecule has 2 fully saturated rings. The summed E-state index contributed by atoms with van der Waals surface area (Å²) >= 11 is 0. The molecule has 1 heterocycles. The lowest BCUT2D eigenvalue weighted by Crippen LogP contribution is -2.44. The summed E-state index contributed by atoms with van der Waals surface area (Å²) in [5.41, 5.74) is 5.51. The van der Waals surface area contributed by atoms with Gasteiger partial charge in [0.25, 0.3) is 0 Å². The number of benzene rings is 1. The van der Waals surface area contributed by atoms with Crippen molar-refractivity contribution in [2.75, 3.05) is 12.3 Å². The molecule has 2 N–H and O–H groups in total. The van der Waals surface area contributed by atoms with E-state index in [0.29, 0.717) is 11.5 Å². The van der Waals surface area contributed by atoms with Crippen LogP contribution in [-0.2, 0) is 15.5 Å². The average Bonchev–Trinajstić information content (AvgIpc) is 2.50. The van der Waals surface area contributed by atoms with E-state index < -0.39 is 16.6 Å². The molecule has 1 saturated heterocycles. The maximum atomic E-state index is 13.6. The summed E-state index contributed by atoms with van der Waals surface area (Å²) in [6.07, 6.45) is 7.38. The van der Waals surface area contributed by atoms with Gasteiger partial charge in [-0.05, 0) is 43.9 Å². The molecule has 21 heavy (non-hydrogen) atoms. The van der Waals surface area contributed by atoms with E-state index in [9.17, 15) is 8.60 Å².